The third-order valence-electron chi connectivity index (χ3n) is 3.92. The molecular weight excluding hydrogens is 428 g/mol. The Balaban J connectivity index is 1.73. The molecule has 0 spiro atoms. The van der Waals surface area contributed by atoms with Crippen molar-refractivity contribution in [1.29, 1.82) is 0 Å². The Morgan fingerprint density at radius 1 is 1.00 bits per heavy atom. The minimum absolute atomic E-state index is 0.0987. The number of halogens is 1. The van der Waals surface area contributed by atoms with Gasteiger partial charge in [0.2, 0.25) is 0 Å². The van der Waals surface area contributed by atoms with E-state index in [9.17, 15) is 13.2 Å². The standard InChI is InChI=1S/C21H17ClN2O5S/c1-28-20-13-15(14-23-24-30(26,27)16-7-3-2-4-8-16)11-12-19(20)29-21(25)17-9-5-6-10-18(17)22/h2-14,24H,1H3. The van der Waals surface area contributed by atoms with E-state index < -0.39 is 16.0 Å². The number of nitrogens with one attached hydrogen (secondary N) is 1. The summed E-state index contributed by atoms with van der Waals surface area (Å²) in [5.41, 5.74) is 0.752. The normalized spacial score (nSPS) is 11.3. The first kappa shape index (κ1) is 21.4. The second-order valence-electron chi connectivity index (χ2n) is 5.95. The topological polar surface area (TPSA) is 94.1 Å². The number of nitrogens with zero attached hydrogens (tertiary/aromatic N) is 1. The molecule has 0 fully saturated rings. The molecule has 0 radical (unpaired) electrons. The Kier molecular flexibility index (Phi) is 6.71. The number of benzene rings is 3. The molecule has 0 heterocycles. The van der Waals surface area contributed by atoms with Crippen LogP contribution in [0.15, 0.2) is 82.8 Å². The van der Waals surface area contributed by atoms with Gasteiger partial charge >= 0.3 is 5.97 Å². The van der Waals surface area contributed by atoms with E-state index in [1.807, 2.05) is 0 Å². The van der Waals surface area contributed by atoms with Gasteiger partial charge in [-0.15, -0.1) is 0 Å². The van der Waals surface area contributed by atoms with Gasteiger partial charge in [-0.3, -0.25) is 0 Å². The van der Waals surface area contributed by atoms with Crippen molar-refractivity contribution in [2.24, 2.45) is 5.10 Å². The van der Waals surface area contributed by atoms with E-state index in [1.165, 1.54) is 31.5 Å². The fraction of sp³-hybridized carbons (Fsp3) is 0.0476. The Labute approximate surface area is 179 Å². The van der Waals surface area contributed by atoms with Gasteiger partial charge in [-0.25, -0.2) is 9.63 Å². The third kappa shape index (κ3) is 5.16. The number of hydrogen-bond acceptors (Lipinski definition) is 6. The molecule has 0 bridgehead atoms. The molecule has 0 saturated carbocycles. The zero-order valence-corrected chi connectivity index (χ0v) is 17.4. The molecule has 154 valence electrons. The van der Waals surface area contributed by atoms with Crippen LogP contribution in [0.1, 0.15) is 15.9 Å². The molecule has 30 heavy (non-hydrogen) atoms. The maximum atomic E-state index is 12.3. The summed E-state index contributed by atoms with van der Waals surface area (Å²) in [6, 6.07) is 19.1. The van der Waals surface area contributed by atoms with Crippen LogP contribution in [0.4, 0.5) is 0 Å². The van der Waals surface area contributed by atoms with Gasteiger partial charge in [0.1, 0.15) is 0 Å². The molecule has 0 aliphatic rings. The molecule has 3 rings (SSSR count). The summed E-state index contributed by atoms with van der Waals surface area (Å²) in [4.78, 5) is 14.6. The third-order valence-corrected chi connectivity index (χ3v) is 5.49. The van der Waals surface area contributed by atoms with Crippen LogP contribution in [0.2, 0.25) is 5.02 Å². The van der Waals surface area contributed by atoms with E-state index in [2.05, 4.69) is 9.93 Å². The first-order chi connectivity index (χ1) is 14.4. The average molecular weight is 445 g/mol. The maximum Gasteiger partial charge on any atom is 0.345 e. The Morgan fingerprint density at radius 2 is 1.70 bits per heavy atom. The molecule has 0 atom stereocenters. The van der Waals surface area contributed by atoms with Crippen LogP contribution in [0, 0.1) is 0 Å². The quantitative estimate of drug-likeness (QED) is 0.258. The summed E-state index contributed by atoms with van der Waals surface area (Å²) in [5.74, 6) is -0.175. The fourth-order valence-electron chi connectivity index (χ4n) is 2.45. The number of ether oxygens (including phenoxy) is 2. The number of carbonyl (C=O) groups excluding carboxylic acids is 1. The van der Waals surface area contributed by atoms with E-state index in [-0.39, 0.29) is 27.0 Å². The summed E-state index contributed by atoms with van der Waals surface area (Å²) < 4.78 is 35.0. The van der Waals surface area contributed by atoms with Gasteiger partial charge in [0.15, 0.2) is 11.5 Å². The number of sulfonamides is 1. The minimum atomic E-state index is -3.77. The summed E-state index contributed by atoms with van der Waals surface area (Å²) in [6.45, 7) is 0. The van der Waals surface area contributed by atoms with Gasteiger partial charge in [-0.05, 0) is 48.0 Å². The first-order valence-electron chi connectivity index (χ1n) is 8.65. The molecule has 0 aromatic heterocycles. The largest absolute Gasteiger partial charge is 0.493 e. The average Bonchev–Trinajstić information content (AvgIpc) is 2.75. The monoisotopic (exact) mass is 444 g/mol. The molecule has 0 aliphatic carbocycles. The highest BCUT2D eigenvalue weighted by atomic mass is 35.5. The molecule has 7 nitrogen and oxygen atoms in total. The van der Waals surface area contributed by atoms with E-state index in [0.717, 1.165) is 0 Å². The molecule has 0 unspecified atom stereocenters. The van der Waals surface area contributed by atoms with E-state index in [0.29, 0.717) is 5.56 Å². The molecule has 0 aliphatic heterocycles. The second kappa shape index (κ2) is 9.43. The number of carbonyl (C=O) groups is 1. The number of hydrazone groups is 1. The molecule has 0 amide bonds. The molecule has 9 heteroatoms. The highest BCUT2D eigenvalue weighted by Crippen LogP contribution is 2.29. The van der Waals surface area contributed by atoms with E-state index >= 15 is 0 Å². The van der Waals surface area contributed by atoms with Crippen molar-refractivity contribution in [2.45, 2.75) is 4.90 Å². The molecular formula is C21H17ClN2O5S. The predicted octanol–water partition coefficient (Wildman–Crippen LogP) is 3.88. The van der Waals surface area contributed by atoms with Gasteiger partial charge in [0.25, 0.3) is 10.0 Å². The molecule has 3 aromatic rings. The predicted molar refractivity (Wildman–Crippen MR) is 114 cm³/mol. The van der Waals surface area contributed by atoms with Crippen LogP contribution < -0.4 is 14.3 Å². The lowest BCUT2D eigenvalue weighted by molar-refractivity contribution is 0.0730. The number of esters is 1. The lowest BCUT2D eigenvalue weighted by Gasteiger charge is -2.10. The van der Waals surface area contributed by atoms with Gasteiger partial charge < -0.3 is 9.47 Å². The van der Waals surface area contributed by atoms with Gasteiger partial charge in [0, 0.05) is 0 Å². The van der Waals surface area contributed by atoms with Gasteiger partial charge in [-0.2, -0.15) is 13.5 Å². The zero-order valence-electron chi connectivity index (χ0n) is 15.8. The van der Waals surface area contributed by atoms with Crippen molar-refractivity contribution in [2.75, 3.05) is 7.11 Å². The van der Waals surface area contributed by atoms with E-state index in [4.69, 9.17) is 21.1 Å². The van der Waals surface area contributed by atoms with Crippen LogP contribution >= 0.6 is 11.6 Å². The minimum Gasteiger partial charge on any atom is -0.493 e. The summed E-state index contributed by atoms with van der Waals surface area (Å²) in [6.07, 6.45) is 1.31. The summed E-state index contributed by atoms with van der Waals surface area (Å²) in [5, 5.41) is 4.05. The van der Waals surface area contributed by atoms with Crippen molar-refractivity contribution in [1.82, 2.24) is 4.83 Å². The van der Waals surface area contributed by atoms with Crippen LogP contribution in [-0.2, 0) is 10.0 Å². The smallest absolute Gasteiger partial charge is 0.345 e. The number of hydrogen-bond donors (Lipinski definition) is 1. The lowest BCUT2D eigenvalue weighted by atomic mass is 10.2. The van der Waals surface area contributed by atoms with Crippen LogP contribution in [0.25, 0.3) is 0 Å². The van der Waals surface area contributed by atoms with Crippen molar-refractivity contribution in [3.8, 4) is 11.5 Å². The summed E-state index contributed by atoms with van der Waals surface area (Å²) >= 11 is 6.02. The molecule has 1 N–H and O–H groups in total. The van der Waals surface area contributed by atoms with Crippen molar-refractivity contribution in [3.05, 3.63) is 88.9 Å². The number of rotatable bonds is 7. The molecule has 0 saturated heterocycles. The van der Waals surface area contributed by atoms with Crippen molar-refractivity contribution in [3.63, 3.8) is 0 Å². The highest BCUT2D eigenvalue weighted by Gasteiger charge is 2.15. The SMILES string of the molecule is COc1cc(C=NNS(=O)(=O)c2ccccc2)ccc1OC(=O)c1ccccc1Cl. The van der Waals surface area contributed by atoms with E-state index in [1.54, 1.807) is 54.6 Å². The van der Waals surface area contributed by atoms with Gasteiger partial charge in [-0.1, -0.05) is 41.9 Å². The lowest BCUT2D eigenvalue weighted by Crippen LogP contribution is -2.18. The second-order valence-corrected chi connectivity index (χ2v) is 8.01. The van der Waals surface area contributed by atoms with Crippen molar-refractivity contribution < 1.29 is 22.7 Å². The van der Waals surface area contributed by atoms with Gasteiger partial charge in [0.05, 0.1) is 28.8 Å². The first-order valence-corrected chi connectivity index (χ1v) is 10.5. The highest BCUT2D eigenvalue weighted by molar-refractivity contribution is 7.89. The number of methoxy groups -OCH3 is 1. The van der Waals surface area contributed by atoms with Crippen LogP contribution in [0.3, 0.4) is 0 Å². The Morgan fingerprint density at radius 3 is 2.40 bits per heavy atom. The van der Waals surface area contributed by atoms with Crippen molar-refractivity contribution >= 4 is 33.8 Å². The van der Waals surface area contributed by atoms with Crippen LogP contribution in [0.5, 0.6) is 11.5 Å². The summed E-state index contributed by atoms with van der Waals surface area (Å²) in [7, 11) is -2.35. The maximum absolute atomic E-state index is 12.3. The zero-order chi connectivity index (χ0) is 21.6. The Hall–Kier alpha value is -3.36. The van der Waals surface area contributed by atoms with Crippen LogP contribution in [-0.4, -0.2) is 27.7 Å². The fourth-order valence-corrected chi connectivity index (χ4v) is 3.48. The molecule has 3 aromatic carbocycles. The Bertz CT molecular complexity index is 1180.